The van der Waals surface area contributed by atoms with Crippen molar-refractivity contribution < 1.29 is 17.4 Å². The van der Waals surface area contributed by atoms with Crippen LogP contribution in [0.2, 0.25) is 0 Å². The first-order valence-corrected chi connectivity index (χ1v) is 6.10. The molecule has 0 spiro atoms. The van der Waals surface area contributed by atoms with Crippen molar-refractivity contribution in [1.29, 1.82) is 0 Å². The van der Waals surface area contributed by atoms with Gasteiger partial charge in [0.05, 0.1) is 12.2 Å². The minimum atomic E-state index is -3.69. The zero-order chi connectivity index (χ0) is 11.3. The first-order chi connectivity index (χ1) is 7.03. The molecule has 0 aliphatic rings. The Morgan fingerprint density at radius 1 is 1.27 bits per heavy atom. The van der Waals surface area contributed by atoms with E-state index in [1.807, 2.05) is 6.07 Å². The molecule has 0 saturated heterocycles. The van der Waals surface area contributed by atoms with Crippen molar-refractivity contribution in [2.24, 2.45) is 0 Å². The Kier molecular flexibility index (Phi) is 3.85. The molecule has 0 atom stereocenters. The lowest BCUT2D eigenvalue weighted by Gasteiger charge is -2.02. The van der Waals surface area contributed by atoms with Gasteiger partial charge < -0.3 is 4.18 Å². The fraction of sp³-hybridized carbons (Fsp3) is 0.300. The summed E-state index contributed by atoms with van der Waals surface area (Å²) in [7, 11) is -3.69. The molecule has 0 fully saturated rings. The third-order valence-electron chi connectivity index (χ3n) is 1.76. The molecule has 0 unspecified atom stereocenters. The van der Waals surface area contributed by atoms with Crippen LogP contribution in [-0.2, 0) is 25.5 Å². The maximum atomic E-state index is 11.2. The van der Waals surface area contributed by atoms with Gasteiger partial charge in [-0.3, -0.25) is 4.79 Å². The van der Waals surface area contributed by atoms with E-state index >= 15 is 0 Å². The summed E-state index contributed by atoms with van der Waals surface area (Å²) in [6.45, 7) is 1.42. The molecule has 1 aromatic rings. The Hall–Kier alpha value is -1.36. The Morgan fingerprint density at radius 3 is 2.40 bits per heavy atom. The van der Waals surface area contributed by atoms with Gasteiger partial charge in [-0.05, 0) is 12.5 Å². The molecule has 0 aliphatic heterocycles. The van der Waals surface area contributed by atoms with Crippen LogP contribution in [0.25, 0.3) is 0 Å². The van der Waals surface area contributed by atoms with Gasteiger partial charge >= 0.3 is 16.1 Å². The molecule has 0 N–H and O–H groups in total. The summed E-state index contributed by atoms with van der Waals surface area (Å²) in [4.78, 5) is 11.2. The second-order valence-electron chi connectivity index (χ2n) is 2.96. The summed E-state index contributed by atoms with van der Waals surface area (Å²) in [5.41, 5.74) is 0.730. The lowest BCUT2D eigenvalue weighted by molar-refractivity contribution is -0.133. The number of hydrogen-bond donors (Lipinski definition) is 0. The van der Waals surface area contributed by atoms with Crippen molar-refractivity contribution in [3.05, 3.63) is 35.9 Å². The molecule has 0 aromatic heterocycles. The van der Waals surface area contributed by atoms with E-state index in [1.165, 1.54) is 6.92 Å². The van der Waals surface area contributed by atoms with Gasteiger partial charge in [0.15, 0.2) is 0 Å². The molecule has 0 amide bonds. The molecule has 0 saturated carbocycles. The quantitative estimate of drug-likeness (QED) is 0.724. The third kappa shape index (κ3) is 4.12. The molecule has 0 radical (unpaired) electrons. The number of benzene rings is 1. The van der Waals surface area contributed by atoms with Crippen molar-refractivity contribution in [2.75, 3.05) is 5.75 Å². The van der Waals surface area contributed by atoms with Crippen LogP contribution >= 0.6 is 0 Å². The average molecular weight is 228 g/mol. The smallest absolute Gasteiger partial charge is 0.326 e. The minimum absolute atomic E-state index is 0.0277. The Labute approximate surface area is 89.0 Å². The van der Waals surface area contributed by atoms with Crippen molar-refractivity contribution in [2.45, 2.75) is 13.3 Å². The molecule has 4 nitrogen and oxygen atoms in total. The standard InChI is InChI=1S/C10H12O4S/c1-2-15(12,13)14-10(11)8-9-6-4-3-5-7-9/h3-7H,2,8H2,1H3. The second kappa shape index (κ2) is 4.93. The summed E-state index contributed by atoms with van der Waals surface area (Å²) in [5, 5.41) is 0. The van der Waals surface area contributed by atoms with Crippen molar-refractivity contribution in [3.63, 3.8) is 0 Å². The molecule has 0 bridgehead atoms. The molecule has 5 heteroatoms. The van der Waals surface area contributed by atoms with Gasteiger partial charge in [-0.1, -0.05) is 30.3 Å². The highest BCUT2D eigenvalue weighted by molar-refractivity contribution is 7.87. The SMILES string of the molecule is CCS(=O)(=O)OC(=O)Cc1ccccc1. The summed E-state index contributed by atoms with van der Waals surface area (Å²) in [5.74, 6) is -0.948. The second-order valence-corrected chi connectivity index (χ2v) is 4.82. The van der Waals surface area contributed by atoms with E-state index in [-0.39, 0.29) is 12.2 Å². The van der Waals surface area contributed by atoms with Crippen LogP contribution in [0.3, 0.4) is 0 Å². The van der Waals surface area contributed by atoms with E-state index in [2.05, 4.69) is 4.18 Å². The zero-order valence-corrected chi connectivity index (χ0v) is 9.16. The predicted molar refractivity (Wildman–Crippen MR) is 55.7 cm³/mol. The summed E-state index contributed by atoms with van der Waals surface area (Å²) in [6.07, 6.45) is -0.0277. The van der Waals surface area contributed by atoms with E-state index in [1.54, 1.807) is 24.3 Å². The molecular formula is C10H12O4S. The summed E-state index contributed by atoms with van der Waals surface area (Å²) >= 11 is 0. The highest BCUT2D eigenvalue weighted by atomic mass is 32.2. The lowest BCUT2D eigenvalue weighted by Crippen LogP contribution is -2.16. The zero-order valence-electron chi connectivity index (χ0n) is 8.34. The maximum Gasteiger partial charge on any atom is 0.326 e. The Balaban J connectivity index is 2.58. The number of hydrogen-bond acceptors (Lipinski definition) is 4. The monoisotopic (exact) mass is 228 g/mol. The highest BCUT2D eigenvalue weighted by Gasteiger charge is 2.14. The molecule has 1 rings (SSSR count). The van der Waals surface area contributed by atoms with E-state index in [0.717, 1.165) is 5.56 Å². The first kappa shape index (κ1) is 11.7. The maximum absolute atomic E-state index is 11.2. The largest absolute Gasteiger partial charge is 0.345 e. The van der Waals surface area contributed by atoms with Crippen molar-refractivity contribution >= 4 is 16.1 Å². The van der Waals surface area contributed by atoms with Crippen LogP contribution in [-0.4, -0.2) is 20.1 Å². The summed E-state index contributed by atoms with van der Waals surface area (Å²) < 4.78 is 26.2. The van der Waals surface area contributed by atoms with Crippen LogP contribution in [0.4, 0.5) is 0 Å². The topological polar surface area (TPSA) is 60.4 Å². The van der Waals surface area contributed by atoms with Gasteiger partial charge in [-0.25, -0.2) is 0 Å². The number of rotatable bonds is 4. The summed E-state index contributed by atoms with van der Waals surface area (Å²) in [6, 6.07) is 8.84. The lowest BCUT2D eigenvalue weighted by atomic mass is 10.2. The fourth-order valence-corrected chi connectivity index (χ4v) is 1.45. The van der Waals surface area contributed by atoms with Crippen LogP contribution in [0, 0.1) is 0 Å². The van der Waals surface area contributed by atoms with Crippen molar-refractivity contribution in [1.82, 2.24) is 0 Å². The first-order valence-electron chi connectivity index (χ1n) is 4.52. The van der Waals surface area contributed by atoms with Gasteiger partial charge in [0.1, 0.15) is 0 Å². The average Bonchev–Trinajstić information content (AvgIpc) is 2.18. The van der Waals surface area contributed by atoms with Crippen LogP contribution < -0.4 is 0 Å². The molecular weight excluding hydrogens is 216 g/mol. The molecule has 0 aliphatic carbocycles. The molecule has 1 aromatic carbocycles. The van der Waals surface area contributed by atoms with E-state index < -0.39 is 16.1 Å². The molecule has 15 heavy (non-hydrogen) atoms. The highest BCUT2D eigenvalue weighted by Crippen LogP contribution is 2.03. The Bertz CT molecular complexity index is 422. The third-order valence-corrected chi connectivity index (χ3v) is 2.91. The van der Waals surface area contributed by atoms with Gasteiger partial charge in [0.2, 0.25) is 0 Å². The predicted octanol–water partition coefficient (Wildman–Crippen LogP) is 1.12. The van der Waals surface area contributed by atoms with Gasteiger partial charge in [0, 0.05) is 0 Å². The number of carbonyl (C=O) groups is 1. The van der Waals surface area contributed by atoms with Gasteiger partial charge in [-0.2, -0.15) is 8.42 Å². The van der Waals surface area contributed by atoms with E-state index in [9.17, 15) is 13.2 Å². The van der Waals surface area contributed by atoms with E-state index in [4.69, 9.17) is 0 Å². The number of carbonyl (C=O) groups excluding carboxylic acids is 1. The Morgan fingerprint density at radius 2 is 1.87 bits per heavy atom. The van der Waals surface area contributed by atoms with Gasteiger partial charge in [0.25, 0.3) is 0 Å². The van der Waals surface area contributed by atoms with E-state index in [0.29, 0.717) is 0 Å². The fourth-order valence-electron chi connectivity index (χ4n) is 0.993. The molecule has 0 heterocycles. The van der Waals surface area contributed by atoms with Crippen LogP contribution in [0.1, 0.15) is 12.5 Å². The van der Waals surface area contributed by atoms with Crippen LogP contribution in [0.15, 0.2) is 30.3 Å². The molecule has 82 valence electrons. The van der Waals surface area contributed by atoms with Crippen molar-refractivity contribution in [3.8, 4) is 0 Å². The minimum Gasteiger partial charge on any atom is -0.345 e. The van der Waals surface area contributed by atoms with Gasteiger partial charge in [-0.15, -0.1) is 0 Å². The van der Waals surface area contributed by atoms with Crippen LogP contribution in [0.5, 0.6) is 0 Å². The normalized spacial score (nSPS) is 11.0.